The summed E-state index contributed by atoms with van der Waals surface area (Å²) in [6.07, 6.45) is 0.466. The maximum atomic E-state index is 10.8. The molecule has 0 bridgehead atoms. The molecule has 0 spiro atoms. The number of aromatic nitrogens is 2. The largest absolute Gasteiger partial charge is 0.480 e. The third-order valence-corrected chi connectivity index (χ3v) is 2.65. The van der Waals surface area contributed by atoms with Crippen LogP contribution in [-0.4, -0.2) is 27.1 Å². The van der Waals surface area contributed by atoms with Crippen LogP contribution in [0.3, 0.4) is 0 Å². The van der Waals surface area contributed by atoms with Gasteiger partial charge in [-0.05, 0) is 0 Å². The molecule has 0 amide bonds. The Kier molecular flexibility index (Phi) is 2.48. The molecule has 1 atom stereocenters. The zero-order valence-corrected chi connectivity index (χ0v) is 8.87. The molecule has 1 unspecified atom stereocenters. The maximum Gasteiger partial charge on any atom is 0.321 e. The molecule has 1 aliphatic heterocycles. The number of carbonyl (C=O) groups is 1. The first-order chi connectivity index (χ1) is 7.08. The Morgan fingerprint density at radius 2 is 2.33 bits per heavy atom. The van der Waals surface area contributed by atoms with Crippen molar-refractivity contribution in [2.24, 2.45) is 0 Å². The average molecular weight is 209 g/mol. The monoisotopic (exact) mass is 209 g/mol. The van der Waals surface area contributed by atoms with E-state index in [1.807, 2.05) is 0 Å². The highest BCUT2D eigenvalue weighted by atomic mass is 16.4. The van der Waals surface area contributed by atoms with Crippen LogP contribution < -0.4 is 5.32 Å². The fraction of sp³-hybridized carbons (Fsp3) is 0.600. The molecule has 0 aromatic carbocycles. The Bertz CT molecular complexity index is 384. The topological polar surface area (TPSA) is 78.0 Å². The first-order valence-electron chi connectivity index (χ1n) is 5.11. The lowest BCUT2D eigenvalue weighted by Gasteiger charge is -2.18. The molecule has 0 saturated carbocycles. The summed E-state index contributed by atoms with van der Waals surface area (Å²) in [7, 11) is 0. The summed E-state index contributed by atoms with van der Waals surface area (Å²) in [4.78, 5) is 18.5. The van der Waals surface area contributed by atoms with Gasteiger partial charge >= 0.3 is 5.97 Å². The zero-order chi connectivity index (χ0) is 11.0. The lowest BCUT2D eigenvalue weighted by atomic mass is 10.1. The van der Waals surface area contributed by atoms with E-state index in [1.165, 1.54) is 0 Å². The van der Waals surface area contributed by atoms with Crippen LogP contribution >= 0.6 is 0 Å². The van der Waals surface area contributed by atoms with Crippen LogP contribution in [0.2, 0.25) is 0 Å². The van der Waals surface area contributed by atoms with Crippen molar-refractivity contribution in [3.8, 4) is 0 Å². The molecule has 1 aromatic rings. The van der Waals surface area contributed by atoms with Crippen molar-refractivity contribution in [1.82, 2.24) is 15.3 Å². The minimum absolute atomic E-state index is 0.346. The fourth-order valence-electron chi connectivity index (χ4n) is 1.72. The normalized spacial score (nSPS) is 20.3. The molecular formula is C10H15N3O2. The number of hydrogen-bond acceptors (Lipinski definition) is 3. The summed E-state index contributed by atoms with van der Waals surface area (Å²) in [5.74, 6) is 0.474. The van der Waals surface area contributed by atoms with Gasteiger partial charge in [-0.1, -0.05) is 13.8 Å². The van der Waals surface area contributed by atoms with E-state index in [-0.39, 0.29) is 0 Å². The number of aromatic amines is 1. The molecule has 1 aliphatic rings. The average Bonchev–Trinajstić information content (AvgIpc) is 2.59. The highest BCUT2D eigenvalue weighted by Crippen LogP contribution is 2.18. The third kappa shape index (κ3) is 1.87. The predicted octanol–water partition coefficient (Wildman–Crippen LogP) is 0.632. The van der Waals surface area contributed by atoms with E-state index in [0.29, 0.717) is 18.9 Å². The predicted molar refractivity (Wildman–Crippen MR) is 54.6 cm³/mol. The molecule has 5 nitrogen and oxygen atoms in total. The van der Waals surface area contributed by atoms with E-state index >= 15 is 0 Å². The van der Waals surface area contributed by atoms with Gasteiger partial charge in [0.1, 0.15) is 11.9 Å². The number of carboxylic acid groups (broad SMARTS) is 1. The SMILES string of the molecule is CC(C)c1nc2c([nH]1)CNC(C(=O)O)C2. The summed E-state index contributed by atoms with van der Waals surface area (Å²) < 4.78 is 0. The third-order valence-electron chi connectivity index (χ3n) is 2.65. The van der Waals surface area contributed by atoms with E-state index in [4.69, 9.17) is 5.11 Å². The Morgan fingerprint density at radius 3 is 2.93 bits per heavy atom. The molecule has 2 rings (SSSR count). The number of nitrogens with zero attached hydrogens (tertiary/aromatic N) is 1. The quantitative estimate of drug-likeness (QED) is 0.667. The Morgan fingerprint density at radius 1 is 1.60 bits per heavy atom. The smallest absolute Gasteiger partial charge is 0.321 e. The van der Waals surface area contributed by atoms with Gasteiger partial charge in [-0.15, -0.1) is 0 Å². The maximum absolute atomic E-state index is 10.8. The van der Waals surface area contributed by atoms with Crippen LogP contribution in [0.25, 0.3) is 0 Å². The van der Waals surface area contributed by atoms with E-state index in [2.05, 4.69) is 29.1 Å². The Labute approximate surface area is 87.9 Å². The molecular weight excluding hydrogens is 194 g/mol. The summed E-state index contributed by atoms with van der Waals surface area (Å²) >= 11 is 0. The van der Waals surface area contributed by atoms with Crippen LogP contribution in [0.5, 0.6) is 0 Å². The molecule has 5 heteroatoms. The van der Waals surface area contributed by atoms with Crippen LogP contribution in [0.4, 0.5) is 0 Å². The van der Waals surface area contributed by atoms with Crippen molar-refractivity contribution < 1.29 is 9.90 Å². The van der Waals surface area contributed by atoms with Gasteiger partial charge in [0.15, 0.2) is 0 Å². The number of hydrogen-bond donors (Lipinski definition) is 3. The number of aliphatic carboxylic acids is 1. The lowest BCUT2D eigenvalue weighted by Crippen LogP contribution is -2.41. The van der Waals surface area contributed by atoms with Crippen molar-refractivity contribution in [2.75, 3.05) is 0 Å². The van der Waals surface area contributed by atoms with E-state index < -0.39 is 12.0 Å². The van der Waals surface area contributed by atoms with Crippen LogP contribution in [0.15, 0.2) is 0 Å². The van der Waals surface area contributed by atoms with E-state index in [1.54, 1.807) is 0 Å². The van der Waals surface area contributed by atoms with E-state index in [0.717, 1.165) is 17.2 Å². The minimum atomic E-state index is -0.810. The van der Waals surface area contributed by atoms with Gasteiger partial charge in [0, 0.05) is 18.9 Å². The first-order valence-corrected chi connectivity index (χ1v) is 5.11. The van der Waals surface area contributed by atoms with Gasteiger partial charge in [0.05, 0.1) is 11.4 Å². The molecule has 0 aliphatic carbocycles. The zero-order valence-electron chi connectivity index (χ0n) is 8.87. The number of rotatable bonds is 2. The summed E-state index contributed by atoms with van der Waals surface area (Å²) in [5, 5.41) is 11.8. The standard InChI is InChI=1S/C10H15N3O2/c1-5(2)9-12-6-3-7(10(14)15)11-4-8(6)13-9/h5,7,11H,3-4H2,1-2H3,(H,12,13)(H,14,15). The highest BCUT2D eigenvalue weighted by Gasteiger charge is 2.26. The summed E-state index contributed by atoms with van der Waals surface area (Å²) in [6.45, 7) is 4.69. The van der Waals surface area contributed by atoms with Gasteiger partial charge in [-0.3, -0.25) is 10.1 Å². The number of fused-ring (bicyclic) bond motifs is 1. The summed E-state index contributed by atoms with van der Waals surface area (Å²) in [6, 6.07) is -0.499. The minimum Gasteiger partial charge on any atom is -0.480 e. The van der Waals surface area contributed by atoms with Crippen molar-refractivity contribution in [3.63, 3.8) is 0 Å². The van der Waals surface area contributed by atoms with Crippen LogP contribution in [0.1, 0.15) is 37.0 Å². The number of nitrogens with one attached hydrogen (secondary N) is 2. The van der Waals surface area contributed by atoms with Gasteiger partial charge in [0.2, 0.25) is 0 Å². The number of imidazole rings is 1. The molecule has 1 aromatic heterocycles. The second-order valence-corrected chi connectivity index (χ2v) is 4.18. The molecule has 82 valence electrons. The van der Waals surface area contributed by atoms with Crippen molar-refractivity contribution >= 4 is 5.97 Å². The van der Waals surface area contributed by atoms with Gasteiger partial charge in [0.25, 0.3) is 0 Å². The van der Waals surface area contributed by atoms with E-state index in [9.17, 15) is 4.79 Å². The second kappa shape index (κ2) is 3.66. The molecule has 3 N–H and O–H groups in total. The van der Waals surface area contributed by atoms with Crippen molar-refractivity contribution in [2.45, 2.75) is 38.8 Å². The second-order valence-electron chi connectivity index (χ2n) is 4.18. The molecule has 0 radical (unpaired) electrons. The number of H-pyrrole nitrogens is 1. The van der Waals surface area contributed by atoms with Gasteiger partial charge in [-0.2, -0.15) is 0 Å². The first kappa shape index (κ1) is 10.2. The van der Waals surface area contributed by atoms with Gasteiger partial charge < -0.3 is 10.1 Å². The number of carboxylic acids is 1. The highest BCUT2D eigenvalue weighted by molar-refractivity contribution is 5.74. The van der Waals surface area contributed by atoms with Crippen LogP contribution in [0, 0.1) is 0 Å². The molecule has 0 saturated heterocycles. The molecule has 15 heavy (non-hydrogen) atoms. The molecule has 0 fully saturated rings. The molecule has 2 heterocycles. The van der Waals surface area contributed by atoms with Crippen LogP contribution in [-0.2, 0) is 17.8 Å². The van der Waals surface area contributed by atoms with Crippen molar-refractivity contribution in [3.05, 3.63) is 17.2 Å². The lowest BCUT2D eigenvalue weighted by molar-refractivity contribution is -0.139. The van der Waals surface area contributed by atoms with Crippen molar-refractivity contribution in [1.29, 1.82) is 0 Å². The Balaban J connectivity index is 2.22. The summed E-state index contributed by atoms with van der Waals surface area (Å²) in [5.41, 5.74) is 1.92. The Hall–Kier alpha value is -1.36. The van der Waals surface area contributed by atoms with Gasteiger partial charge in [-0.25, -0.2) is 4.98 Å². The fourth-order valence-corrected chi connectivity index (χ4v) is 1.72.